The molecule has 26 heavy (non-hydrogen) atoms. The third-order valence-electron chi connectivity index (χ3n) is 3.60. The summed E-state index contributed by atoms with van der Waals surface area (Å²) in [5.41, 5.74) is 7.66. The standard InChI is InChI=1S/C14H13NO3.C7H9N/c16-11-6-7-12(13(17)8-11)14(18)15-9-10-4-2-1-3-5-10;8-6-7-4-2-1-3-5-7/h1-8,16-17H,9H2,(H,15,18);1-5H,6,8H2. The number of phenols is 2. The molecule has 0 aromatic heterocycles. The van der Waals surface area contributed by atoms with Gasteiger partial charge in [-0.1, -0.05) is 60.7 Å². The number of phenolic OH excluding ortho intramolecular Hbond substituents is 2. The summed E-state index contributed by atoms with van der Waals surface area (Å²) in [6, 6.07) is 23.3. The van der Waals surface area contributed by atoms with Gasteiger partial charge in [-0.3, -0.25) is 4.79 Å². The highest BCUT2D eigenvalue weighted by Crippen LogP contribution is 2.22. The number of aromatic hydroxyl groups is 2. The molecule has 0 aliphatic carbocycles. The fraction of sp³-hybridized carbons (Fsp3) is 0.0952. The van der Waals surface area contributed by atoms with E-state index in [1.54, 1.807) is 0 Å². The van der Waals surface area contributed by atoms with E-state index in [1.807, 2.05) is 60.7 Å². The van der Waals surface area contributed by atoms with Gasteiger partial charge < -0.3 is 21.3 Å². The fourth-order valence-corrected chi connectivity index (χ4v) is 2.20. The highest BCUT2D eigenvalue weighted by molar-refractivity contribution is 5.96. The summed E-state index contributed by atoms with van der Waals surface area (Å²) in [4.78, 5) is 11.8. The normalized spacial score (nSPS) is 9.73. The first-order valence-electron chi connectivity index (χ1n) is 8.18. The van der Waals surface area contributed by atoms with Crippen molar-refractivity contribution >= 4 is 5.91 Å². The van der Waals surface area contributed by atoms with Crippen molar-refractivity contribution in [2.75, 3.05) is 0 Å². The predicted octanol–water partition coefficient (Wildman–Crippen LogP) is 3.17. The van der Waals surface area contributed by atoms with Gasteiger partial charge in [-0.2, -0.15) is 0 Å². The van der Waals surface area contributed by atoms with E-state index in [4.69, 9.17) is 10.8 Å². The Balaban J connectivity index is 0.000000254. The first-order valence-corrected chi connectivity index (χ1v) is 8.18. The number of hydrogen-bond donors (Lipinski definition) is 4. The van der Waals surface area contributed by atoms with Crippen LogP contribution in [0.2, 0.25) is 0 Å². The Morgan fingerprint density at radius 3 is 1.92 bits per heavy atom. The van der Waals surface area contributed by atoms with E-state index >= 15 is 0 Å². The van der Waals surface area contributed by atoms with E-state index in [2.05, 4.69) is 5.32 Å². The average molecular weight is 350 g/mol. The molecule has 0 fully saturated rings. The molecule has 0 radical (unpaired) electrons. The lowest BCUT2D eigenvalue weighted by Crippen LogP contribution is -2.22. The second-order valence-electron chi connectivity index (χ2n) is 5.56. The van der Waals surface area contributed by atoms with Crippen LogP contribution in [0.4, 0.5) is 0 Å². The molecule has 0 saturated carbocycles. The first-order chi connectivity index (χ1) is 12.6. The molecule has 0 aliphatic heterocycles. The molecule has 3 aromatic carbocycles. The third-order valence-corrected chi connectivity index (χ3v) is 3.60. The Bertz CT molecular complexity index is 821. The summed E-state index contributed by atoms with van der Waals surface area (Å²) in [6.45, 7) is 1.03. The number of nitrogens with one attached hydrogen (secondary N) is 1. The van der Waals surface area contributed by atoms with Gasteiger partial charge in [0, 0.05) is 19.2 Å². The molecule has 0 aliphatic rings. The second kappa shape index (κ2) is 9.86. The molecule has 5 heteroatoms. The van der Waals surface area contributed by atoms with Crippen LogP contribution in [0, 0.1) is 0 Å². The zero-order chi connectivity index (χ0) is 18.8. The molecular formula is C21H22N2O3. The van der Waals surface area contributed by atoms with Gasteiger partial charge in [0.15, 0.2) is 0 Å². The number of rotatable bonds is 4. The molecule has 3 aromatic rings. The van der Waals surface area contributed by atoms with Crippen LogP contribution in [-0.2, 0) is 13.1 Å². The summed E-state index contributed by atoms with van der Waals surface area (Å²) in [7, 11) is 0. The van der Waals surface area contributed by atoms with Gasteiger partial charge in [0.25, 0.3) is 5.91 Å². The minimum absolute atomic E-state index is 0.0768. The van der Waals surface area contributed by atoms with Gasteiger partial charge in [0.1, 0.15) is 11.5 Å². The quantitative estimate of drug-likeness (QED) is 0.581. The zero-order valence-corrected chi connectivity index (χ0v) is 14.3. The smallest absolute Gasteiger partial charge is 0.255 e. The van der Waals surface area contributed by atoms with Crippen molar-refractivity contribution in [1.82, 2.24) is 5.32 Å². The Morgan fingerprint density at radius 2 is 1.42 bits per heavy atom. The summed E-state index contributed by atoms with van der Waals surface area (Å²) in [5, 5.41) is 21.4. The molecule has 0 atom stereocenters. The van der Waals surface area contributed by atoms with Crippen LogP contribution in [0.25, 0.3) is 0 Å². The van der Waals surface area contributed by atoms with Crippen LogP contribution in [-0.4, -0.2) is 16.1 Å². The third kappa shape index (κ3) is 5.96. The lowest BCUT2D eigenvalue weighted by atomic mass is 10.1. The Labute approximate surface area is 152 Å². The van der Waals surface area contributed by atoms with Crippen molar-refractivity contribution in [2.24, 2.45) is 5.73 Å². The van der Waals surface area contributed by atoms with E-state index < -0.39 is 0 Å². The molecule has 0 bridgehead atoms. The van der Waals surface area contributed by atoms with Gasteiger partial charge in [-0.15, -0.1) is 0 Å². The predicted molar refractivity (Wildman–Crippen MR) is 102 cm³/mol. The van der Waals surface area contributed by atoms with Crippen molar-refractivity contribution in [3.05, 3.63) is 95.6 Å². The molecule has 0 heterocycles. The summed E-state index contributed by atoms with van der Waals surface area (Å²) >= 11 is 0. The first kappa shape index (κ1) is 19.0. The van der Waals surface area contributed by atoms with Crippen molar-refractivity contribution in [2.45, 2.75) is 13.1 Å². The maximum Gasteiger partial charge on any atom is 0.255 e. The molecule has 5 N–H and O–H groups in total. The van der Waals surface area contributed by atoms with Crippen molar-refractivity contribution in [1.29, 1.82) is 0 Å². The molecule has 0 unspecified atom stereocenters. The van der Waals surface area contributed by atoms with E-state index in [0.29, 0.717) is 13.1 Å². The number of carbonyl (C=O) groups excluding carboxylic acids is 1. The Kier molecular flexibility index (Phi) is 7.21. The van der Waals surface area contributed by atoms with E-state index in [9.17, 15) is 9.90 Å². The molecule has 3 rings (SSSR count). The fourth-order valence-electron chi connectivity index (χ4n) is 2.20. The molecule has 0 saturated heterocycles. The minimum Gasteiger partial charge on any atom is -0.508 e. The largest absolute Gasteiger partial charge is 0.508 e. The number of benzene rings is 3. The molecule has 1 amide bonds. The lowest BCUT2D eigenvalue weighted by Gasteiger charge is -2.07. The maximum absolute atomic E-state index is 11.8. The van der Waals surface area contributed by atoms with Gasteiger partial charge in [-0.05, 0) is 23.3 Å². The maximum atomic E-state index is 11.8. The number of amides is 1. The molecular weight excluding hydrogens is 328 g/mol. The Hall–Kier alpha value is -3.31. The second-order valence-corrected chi connectivity index (χ2v) is 5.56. The lowest BCUT2D eigenvalue weighted by molar-refractivity contribution is 0.0948. The van der Waals surface area contributed by atoms with Crippen LogP contribution in [0.15, 0.2) is 78.9 Å². The number of hydrogen-bond acceptors (Lipinski definition) is 4. The van der Waals surface area contributed by atoms with Crippen molar-refractivity contribution < 1.29 is 15.0 Å². The van der Waals surface area contributed by atoms with Crippen molar-refractivity contribution in [3.8, 4) is 11.5 Å². The van der Waals surface area contributed by atoms with E-state index in [1.165, 1.54) is 17.7 Å². The summed E-state index contributed by atoms with van der Waals surface area (Å²) in [6.07, 6.45) is 0. The van der Waals surface area contributed by atoms with Crippen molar-refractivity contribution in [3.63, 3.8) is 0 Å². The average Bonchev–Trinajstić information content (AvgIpc) is 2.68. The number of nitrogens with two attached hydrogens (primary N) is 1. The molecule has 0 spiro atoms. The van der Waals surface area contributed by atoms with Crippen LogP contribution >= 0.6 is 0 Å². The SMILES string of the molecule is NCc1ccccc1.O=C(NCc1ccccc1)c1ccc(O)cc1O. The molecule has 5 nitrogen and oxygen atoms in total. The zero-order valence-electron chi connectivity index (χ0n) is 14.3. The van der Waals surface area contributed by atoms with Crippen LogP contribution in [0.5, 0.6) is 11.5 Å². The Morgan fingerprint density at radius 1 is 0.846 bits per heavy atom. The topological polar surface area (TPSA) is 95.6 Å². The highest BCUT2D eigenvalue weighted by atomic mass is 16.3. The summed E-state index contributed by atoms with van der Waals surface area (Å²) in [5.74, 6) is -0.691. The van der Waals surface area contributed by atoms with Crippen LogP contribution in [0.3, 0.4) is 0 Å². The highest BCUT2D eigenvalue weighted by Gasteiger charge is 2.10. The van der Waals surface area contributed by atoms with Crippen LogP contribution < -0.4 is 11.1 Å². The van der Waals surface area contributed by atoms with Crippen LogP contribution in [0.1, 0.15) is 21.5 Å². The monoisotopic (exact) mass is 350 g/mol. The van der Waals surface area contributed by atoms with E-state index in [0.717, 1.165) is 11.6 Å². The van der Waals surface area contributed by atoms with E-state index in [-0.39, 0.29) is 23.0 Å². The molecule has 134 valence electrons. The van der Waals surface area contributed by atoms with Gasteiger partial charge in [0.2, 0.25) is 0 Å². The number of carbonyl (C=O) groups is 1. The summed E-state index contributed by atoms with van der Waals surface area (Å²) < 4.78 is 0. The van der Waals surface area contributed by atoms with Gasteiger partial charge >= 0.3 is 0 Å². The minimum atomic E-state index is -0.378. The van der Waals surface area contributed by atoms with Gasteiger partial charge in [-0.25, -0.2) is 0 Å². The van der Waals surface area contributed by atoms with Gasteiger partial charge in [0.05, 0.1) is 5.56 Å².